The Bertz CT molecular complexity index is 10400. The normalized spacial score (nSPS) is 12.1. The number of hydrogen-bond acceptors (Lipinski definition) is 13. The van der Waals surface area contributed by atoms with Crippen molar-refractivity contribution in [1.82, 2.24) is 43.6 Å². The van der Waals surface area contributed by atoms with Crippen molar-refractivity contribution in [1.29, 1.82) is 5.26 Å². The molecule has 0 N–H and O–H groups in total. The maximum Gasteiger partial charge on any atom is 0.224 e. The van der Waals surface area contributed by atoms with Crippen LogP contribution in [0.5, 0.6) is 0 Å². The summed E-state index contributed by atoms with van der Waals surface area (Å²) in [6.45, 7) is 0. The summed E-state index contributed by atoms with van der Waals surface area (Å²) in [7, 11) is 0. The third-order valence-corrected chi connectivity index (χ3v) is 33.7. The number of benzene rings is 18. The van der Waals surface area contributed by atoms with Crippen LogP contribution in [-0.4, -0.2) is 43.6 Å². The van der Waals surface area contributed by atoms with Crippen LogP contribution >= 0.6 is 103 Å². The van der Waals surface area contributed by atoms with Crippen LogP contribution in [0.4, 0.5) is 0 Å². The highest BCUT2D eigenvalue weighted by molar-refractivity contribution is 7.28. The van der Waals surface area contributed by atoms with E-state index in [9.17, 15) is 5.26 Å². The third-order valence-electron chi connectivity index (χ3n) is 26.4. The zero-order chi connectivity index (χ0) is 88.4. The fourth-order valence-electron chi connectivity index (χ4n) is 21.1. The highest BCUT2D eigenvalue weighted by Crippen LogP contribution is 2.54. The molecule has 18 aromatic carbocycles. The lowest BCUT2D eigenvalue weighted by Gasteiger charge is -2.13. The molecule has 30 aromatic rings. The maximum absolute atomic E-state index is 10.4. The molecule has 0 saturated heterocycles. The first-order valence-corrected chi connectivity index (χ1v) is 49.8. The number of rotatable bonds is 6. The zero-order valence-electron chi connectivity index (χ0n) is 70.1. The summed E-state index contributed by atoms with van der Waals surface area (Å²) in [4.78, 5) is 30.7. The van der Waals surface area contributed by atoms with E-state index in [1.165, 1.54) is 157 Å². The van der Waals surface area contributed by atoms with Gasteiger partial charge in [0.25, 0.3) is 0 Å². The minimum Gasteiger partial charge on any atom is -0.308 e. The van der Waals surface area contributed by atoms with Gasteiger partial charge in [-0.15, -0.1) is 68.0 Å². The van der Waals surface area contributed by atoms with Crippen molar-refractivity contribution in [3.05, 3.63) is 379 Å². The van der Waals surface area contributed by atoms with Gasteiger partial charge < -0.3 is 13.7 Å². The van der Waals surface area contributed by atoms with Gasteiger partial charge in [-0.25, -0.2) is 29.9 Å². The molecule has 19 heteroatoms. The molecule has 0 amide bonds. The molecule has 0 aliphatic rings. The average molecular weight is 1880 g/mol. The van der Waals surface area contributed by atoms with Gasteiger partial charge >= 0.3 is 0 Å². The summed E-state index contributed by atoms with van der Waals surface area (Å²) in [6.07, 6.45) is 0. The zero-order valence-corrected chi connectivity index (χ0v) is 77.3. The largest absolute Gasteiger partial charge is 0.308 e. The SMILES string of the molecule is Clc1nc(-c2ccc(-n3c4ccccc4c4c5ccccc5c5c6ccccc6sc5c43)cc2)c2c(n1)sc1ccccc12.Clc1nc(-c2cccc(-n3c4ccccc4c4c5ccccc5c5c6ccccc6sc5c43)c2)c2c(n1)sc1ccccc12.N#Cc1cc(-c2nc(Cl)nc3sc4ccccc4c23)cc(-n2c3ccccc3c3c4ccccc4c4c5ccccc5sc4c32)c1. The molecule has 626 valence electrons. The van der Waals surface area contributed by atoms with E-state index in [-0.39, 0.29) is 15.9 Å². The van der Waals surface area contributed by atoms with Crippen molar-refractivity contribution >= 4 is 322 Å². The van der Waals surface area contributed by atoms with Crippen molar-refractivity contribution in [3.8, 4) is 56.9 Å². The third kappa shape index (κ3) is 11.7. The van der Waals surface area contributed by atoms with Crippen LogP contribution in [-0.2, 0) is 0 Å². The molecular weight excluding hydrogens is 1820 g/mol. The van der Waals surface area contributed by atoms with Crippen molar-refractivity contribution in [2.75, 3.05) is 0 Å². The number of aromatic nitrogens is 9. The first-order chi connectivity index (χ1) is 66.2. The van der Waals surface area contributed by atoms with E-state index >= 15 is 0 Å². The minimum absolute atomic E-state index is 0.188. The van der Waals surface area contributed by atoms with Crippen molar-refractivity contribution < 1.29 is 0 Å². The number of para-hydroxylation sites is 3. The fourth-order valence-corrected chi connectivity index (χ4v) is 28.8. The van der Waals surface area contributed by atoms with E-state index in [1.54, 1.807) is 34.0 Å². The second-order valence-corrected chi connectivity index (χ2v) is 40.9. The Hall–Kier alpha value is -14.9. The first-order valence-electron chi connectivity index (χ1n) is 43.7. The second-order valence-electron chi connectivity index (χ2n) is 33.6. The van der Waals surface area contributed by atoms with Crippen LogP contribution in [0, 0.1) is 11.3 Å². The van der Waals surface area contributed by atoms with Gasteiger partial charge in [0.05, 0.1) is 75.9 Å². The fraction of sp³-hybridized carbons (Fsp3) is 0. The Kier molecular flexibility index (Phi) is 17.6. The molecule has 0 unspecified atom stereocenters. The van der Waals surface area contributed by atoms with Crippen LogP contribution in [0.2, 0.25) is 15.9 Å². The first kappa shape index (κ1) is 77.8. The Balaban J connectivity index is 0.000000100. The van der Waals surface area contributed by atoms with Crippen LogP contribution in [0.25, 0.3) is 270 Å². The summed E-state index contributed by atoms with van der Waals surface area (Å²) in [5.41, 5.74) is 16.1. The average Bonchev–Trinajstić information content (AvgIpc) is 1.54. The highest BCUT2D eigenvalue weighted by Gasteiger charge is 2.29. The molecule has 0 aliphatic carbocycles. The van der Waals surface area contributed by atoms with E-state index in [2.05, 4.69) is 368 Å². The molecule has 0 aliphatic heterocycles. The van der Waals surface area contributed by atoms with Gasteiger partial charge in [0.2, 0.25) is 15.9 Å². The number of nitrogens with zero attached hydrogens (tertiary/aromatic N) is 10. The maximum atomic E-state index is 10.4. The van der Waals surface area contributed by atoms with Crippen LogP contribution < -0.4 is 0 Å². The van der Waals surface area contributed by atoms with E-state index < -0.39 is 0 Å². The van der Waals surface area contributed by atoms with Gasteiger partial charge in [-0.05, 0) is 164 Å². The molecule has 0 fully saturated rings. The molecule has 0 bridgehead atoms. The summed E-state index contributed by atoms with van der Waals surface area (Å²) >= 11 is 30.0. The smallest absolute Gasteiger partial charge is 0.224 e. The molecule has 10 nitrogen and oxygen atoms in total. The number of fused-ring (bicyclic) bond motifs is 39. The lowest BCUT2D eigenvalue weighted by molar-refractivity contribution is 1.18. The Morgan fingerprint density at radius 3 is 0.866 bits per heavy atom. The van der Waals surface area contributed by atoms with E-state index in [1.807, 2.05) is 58.3 Å². The van der Waals surface area contributed by atoms with Gasteiger partial charge in [-0.1, -0.05) is 261 Å². The van der Waals surface area contributed by atoms with Crippen molar-refractivity contribution in [3.63, 3.8) is 0 Å². The predicted molar refractivity (Wildman–Crippen MR) is 575 cm³/mol. The van der Waals surface area contributed by atoms with Gasteiger partial charge in [-0.3, -0.25) is 0 Å². The summed E-state index contributed by atoms with van der Waals surface area (Å²) in [5, 5.41) is 40.4. The summed E-state index contributed by atoms with van der Waals surface area (Å²) < 4.78 is 18.4. The topological polar surface area (TPSA) is 116 Å². The van der Waals surface area contributed by atoms with E-state index in [0.717, 1.165) is 113 Å². The standard InChI is InChI=1S/C39H19ClN4S2.2C38H20ClN3S2/c40-39-42-35(34-28-13-5-8-16-31(28)46-38(34)43-39)22-17-21(20-41)18-23(19-22)44-29-14-6-3-11-26(29)32-24-9-1-2-10-25(24)33-27-12-4-7-15-30(27)45-37(33)36(32)44;39-38-40-34(33-27-16-5-8-19-30(27)44-37(33)41-38)21-10-9-11-22(20-21)42-28-17-6-3-14-25(28)31-23-12-1-2-13-24(23)32-26-15-4-7-18-29(26)43-36(32)35(31)42;39-38-40-34(33-27-13-5-8-16-30(27)44-37(33)41-38)21-17-19-22(20-18-21)42-28-14-6-3-11-25(28)31-23-9-1-2-10-24(23)32-26-12-4-7-15-29(26)43-36(32)35(31)42/h1-19H;2*1-20H. The van der Waals surface area contributed by atoms with Gasteiger partial charge in [-0.2, -0.15) is 5.26 Å². The second kappa shape index (κ2) is 30.3. The molecular formula is C115H59Cl3N10S6. The predicted octanol–water partition coefficient (Wildman–Crippen LogP) is 35.2. The molecule has 12 heterocycles. The Labute approximate surface area is 799 Å². The molecule has 12 aromatic heterocycles. The van der Waals surface area contributed by atoms with E-state index in [4.69, 9.17) is 49.8 Å². The van der Waals surface area contributed by atoms with Gasteiger partial charge in [0, 0.05) is 159 Å². The number of halogens is 3. The van der Waals surface area contributed by atoms with Crippen LogP contribution in [0.1, 0.15) is 5.56 Å². The van der Waals surface area contributed by atoms with Crippen molar-refractivity contribution in [2.24, 2.45) is 0 Å². The minimum atomic E-state index is 0.188. The van der Waals surface area contributed by atoms with Crippen LogP contribution in [0.3, 0.4) is 0 Å². The monoisotopic (exact) mass is 1880 g/mol. The highest BCUT2D eigenvalue weighted by atomic mass is 35.5. The van der Waals surface area contributed by atoms with Gasteiger partial charge in [0.1, 0.15) is 14.5 Å². The molecule has 0 atom stereocenters. The van der Waals surface area contributed by atoms with Crippen molar-refractivity contribution in [2.45, 2.75) is 0 Å². The molecule has 0 radical (unpaired) electrons. The summed E-state index contributed by atoms with van der Waals surface area (Å²) in [6, 6.07) is 130. The quantitative estimate of drug-likeness (QED) is 0.152. The lowest BCUT2D eigenvalue weighted by Crippen LogP contribution is -1.97. The Morgan fingerprint density at radius 1 is 0.216 bits per heavy atom. The number of nitriles is 1. The molecule has 30 rings (SSSR count). The molecule has 134 heavy (non-hydrogen) atoms. The molecule has 0 spiro atoms. The molecule has 0 saturated carbocycles. The van der Waals surface area contributed by atoms with Crippen LogP contribution in [0.15, 0.2) is 358 Å². The number of thiophene rings is 6. The Morgan fingerprint density at radius 2 is 0.500 bits per heavy atom. The van der Waals surface area contributed by atoms with Gasteiger partial charge in [0.15, 0.2) is 0 Å². The summed E-state index contributed by atoms with van der Waals surface area (Å²) in [5.74, 6) is 0. The van der Waals surface area contributed by atoms with E-state index in [0.29, 0.717) is 5.56 Å². The number of hydrogen-bond donors (Lipinski definition) is 0. The lowest BCUT2D eigenvalue weighted by atomic mass is 9.99.